The average molecular weight is 625 g/mol. The number of para-hydroxylation sites is 1. The molecular formula is C32H28N6O4S2. The number of nitrogens with zero attached hydrogens (tertiary/aromatic N) is 2. The molecule has 1 amide bonds. The number of hydrogen-bond donors (Lipinski definition) is 4. The fourth-order valence-corrected chi connectivity index (χ4v) is 6.50. The summed E-state index contributed by atoms with van der Waals surface area (Å²) in [5.41, 5.74) is 11.3. The average Bonchev–Trinajstić information content (AvgIpc) is 3.78. The van der Waals surface area contributed by atoms with E-state index >= 15 is 0 Å². The molecule has 222 valence electrons. The highest BCUT2D eigenvalue weighted by Gasteiger charge is 2.18. The van der Waals surface area contributed by atoms with Gasteiger partial charge in [-0.25, -0.2) is 9.97 Å². The molecule has 0 saturated carbocycles. The number of hydrogen-bond acceptors (Lipinski definition) is 10. The predicted octanol–water partition coefficient (Wildman–Crippen LogP) is 7.42. The number of carbonyl (C=O) groups is 1. The first-order valence-corrected chi connectivity index (χ1v) is 15.1. The van der Waals surface area contributed by atoms with Gasteiger partial charge in [0.25, 0.3) is 0 Å². The molecule has 44 heavy (non-hydrogen) atoms. The lowest BCUT2D eigenvalue weighted by atomic mass is 10.1. The number of nitrogens with one attached hydrogen (secondary N) is 3. The van der Waals surface area contributed by atoms with Gasteiger partial charge in [0.1, 0.15) is 15.7 Å². The normalized spacial score (nSPS) is 11.2. The number of carbonyl (C=O) groups excluding carboxylic acids is 1. The molecule has 0 spiro atoms. The van der Waals surface area contributed by atoms with Gasteiger partial charge in [0.15, 0.2) is 16.6 Å². The molecule has 12 heteroatoms. The highest BCUT2D eigenvalue weighted by molar-refractivity contribution is 7.23. The predicted molar refractivity (Wildman–Crippen MR) is 178 cm³/mol. The van der Waals surface area contributed by atoms with Crippen LogP contribution in [0, 0.1) is 0 Å². The summed E-state index contributed by atoms with van der Waals surface area (Å²) in [6.45, 7) is 0. The van der Waals surface area contributed by atoms with Gasteiger partial charge in [-0.3, -0.25) is 4.79 Å². The van der Waals surface area contributed by atoms with Crippen LogP contribution in [-0.4, -0.2) is 42.2 Å². The maximum Gasteiger partial charge on any atom is 0.248 e. The van der Waals surface area contributed by atoms with Crippen molar-refractivity contribution in [3.05, 3.63) is 83.9 Å². The van der Waals surface area contributed by atoms with Crippen molar-refractivity contribution in [3.8, 4) is 38.4 Å². The molecule has 0 saturated heterocycles. The van der Waals surface area contributed by atoms with Gasteiger partial charge in [-0.05, 0) is 29.8 Å². The van der Waals surface area contributed by atoms with Gasteiger partial charge in [-0.2, -0.15) is 0 Å². The van der Waals surface area contributed by atoms with E-state index in [4.69, 9.17) is 24.9 Å². The number of amides is 1. The number of fused-ring (bicyclic) bond motifs is 1. The van der Waals surface area contributed by atoms with E-state index in [2.05, 4.69) is 20.6 Å². The number of anilines is 4. The Hall–Kier alpha value is -5.33. The number of benzene rings is 3. The van der Waals surface area contributed by atoms with Crippen molar-refractivity contribution in [1.29, 1.82) is 0 Å². The molecule has 0 aliphatic carbocycles. The lowest BCUT2D eigenvalue weighted by Crippen LogP contribution is -2.07. The standard InChI is InChI=1S/C32H28N6O4S2/c1-40-25-14-21(15-26(41-2)28(25)42-3)36-32-38-30(33)29(44-32)31-37-24(17-43-31)18-7-6-8-20(13-18)35-27(39)12-11-19-16-34-23-10-5-4-9-22(19)23/h4-17,34H,33H2,1-3H3,(H,35,39)(H,36,38)/b12-11+. The summed E-state index contributed by atoms with van der Waals surface area (Å²) < 4.78 is 16.3. The molecule has 3 heterocycles. The molecule has 0 bridgehead atoms. The number of ether oxygens (including phenoxy) is 3. The largest absolute Gasteiger partial charge is 0.493 e. The lowest BCUT2D eigenvalue weighted by Gasteiger charge is -2.14. The van der Waals surface area contributed by atoms with Gasteiger partial charge in [0.2, 0.25) is 11.7 Å². The van der Waals surface area contributed by atoms with Crippen LogP contribution >= 0.6 is 22.7 Å². The molecule has 0 aliphatic heterocycles. The maximum atomic E-state index is 12.7. The second-order valence-corrected chi connectivity index (χ2v) is 11.4. The van der Waals surface area contributed by atoms with Crippen molar-refractivity contribution in [2.45, 2.75) is 0 Å². The molecule has 10 nitrogen and oxygen atoms in total. The van der Waals surface area contributed by atoms with Crippen LogP contribution in [0.5, 0.6) is 17.2 Å². The maximum absolute atomic E-state index is 12.7. The summed E-state index contributed by atoms with van der Waals surface area (Å²) in [5, 5.41) is 10.6. The van der Waals surface area contributed by atoms with Crippen molar-refractivity contribution in [2.24, 2.45) is 0 Å². The first kappa shape index (κ1) is 28.8. The van der Waals surface area contributed by atoms with E-state index in [-0.39, 0.29) is 5.91 Å². The molecule has 3 aromatic heterocycles. The monoisotopic (exact) mass is 624 g/mol. The first-order valence-electron chi connectivity index (χ1n) is 13.4. The third-order valence-electron chi connectivity index (χ3n) is 6.73. The summed E-state index contributed by atoms with van der Waals surface area (Å²) in [5.74, 6) is 1.69. The summed E-state index contributed by atoms with van der Waals surface area (Å²) in [6, 6.07) is 19.1. The van der Waals surface area contributed by atoms with Crippen LogP contribution in [0.25, 0.3) is 38.1 Å². The van der Waals surface area contributed by atoms with Gasteiger partial charge in [-0.15, -0.1) is 11.3 Å². The van der Waals surface area contributed by atoms with Crippen LogP contribution in [0.3, 0.4) is 0 Å². The number of rotatable bonds is 10. The number of H-pyrrole nitrogens is 1. The Labute approximate surface area is 261 Å². The Morgan fingerprint density at radius 2 is 1.75 bits per heavy atom. The first-order chi connectivity index (χ1) is 21.4. The Morgan fingerprint density at radius 1 is 0.955 bits per heavy atom. The smallest absolute Gasteiger partial charge is 0.248 e. The molecule has 0 aliphatic rings. The molecule has 0 fully saturated rings. The zero-order chi connectivity index (χ0) is 30.6. The summed E-state index contributed by atoms with van der Waals surface area (Å²) in [4.78, 5) is 26.0. The topological polar surface area (TPSA) is 136 Å². The van der Waals surface area contributed by atoms with E-state index in [0.29, 0.717) is 39.6 Å². The van der Waals surface area contributed by atoms with Crippen molar-refractivity contribution in [3.63, 3.8) is 0 Å². The molecule has 0 radical (unpaired) electrons. The fourth-order valence-electron chi connectivity index (χ4n) is 4.66. The van der Waals surface area contributed by atoms with E-state index in [1.54, 1.807) is 39.5 Å². The number of nitrogen functional groups attached to an aromatic ring is 1. The van der Waals surface area contributed by atoms with E-state index in [1.807, 2.05) is 60.1 Å². The number of aromatic nitrogens is 3. The minimum absolute atomic E-state index is 0.226. The van der Waals surface area contributed by atoms with Crippen molar-refractivity contribution < 1.29 is 19.0 Å². The van der Waals surface area contributed by atoms with Crippen LogP contribution in [0.15, 0.2) is 78.3 Å². The Balaban J connectivity index is 1.16. The number of aromatic amines is 1. The van der Waals surface area contributed by atoms with Gasteiger partial charge >= 0.3 is 0 Å². The number of nitrogens with two attached hydrogens (primary N) is 1. The van der Waals surface area contributed by atoms with Gasteiger partial charge in [-0.1, -0.05) is 41.7 Å². The van der Waals surface area contributed by atoms with Gasteiger partial charge in [0, 0.05) is 57.6 Å². The zero-order valence-corrected chi connectivity index (χ0v) is 25.6. The van der Waals surface area contributed by atoms with Crippen LogP contribution in [0.2, 0.25) is 0 Å². The SMILES string of the molecule is COc1cc(Nc2nc(N)c(-c3nc(-c4cccc(NC(=O)/C=C/c5c[nH]c6ccccc56)c4)cs3)s2)cc(OC)c1OC. The van der Waals surface area contributed by atoms with Crippen LogP contribution in [0.4, 0.5) is 22.3 Å². The van der Waals surface area contributed by atoms with Crippen molar-refractivity contribution in [1.82, 2.24) is 15.0 Å². The Morgan fingerprint density at radius 3 is 2.52 bits per heavy atom. The zero-order valence-electron chi connectivity index (χ0n) is 24.0. The van der Waals surface area contributed by atoms with Gasteiger partial charge in [0.05, 0.1) is 27.0 Å². The third kappa shape index (κ3) is 5.93. The molecule has 3 aromatic carbocycles. The third-order valence-corrected chi connectivity index (χ3v) is 8.71. The molecular weight excluding hydrogens is 597 g/mol. The molecule has 0 atom stereocenters. The second-order valence-electron chi connectivity index (χ2n) is 9.50. The second kappa shape index (κ2) is 12.5. The quantitative estimate of drug-likeness (QED) is 0.116. The highest BCUT2D eigenvalue weighted by Crippen LogP contribution is 2.43. The van der Waals surface area contributed by atoms with E-state index in [0.717, 1.165) is 37.6 Å². The van der Waals surface area contributed by atoms with Crippen LogP contribution in [0.1, 0.15) is 5.56 Å². The van der Waals surface area contributed by atoms with Crippen molar-refractivity contribution in [2.75, 3.05) is 37.7 Å². The Kier molecular flexibility index (Phi) is 8.17. The minimum atomic E-state index is -0.226. The summed E-state index contributed by atoms with van der Waals surface area (Å²) >= 11 is 2.86. The molecule has 5 N–H and O–H groups in total. The minimum Gasteiger partial charge on any atom is -0.493 e. The highest BCUT2D eigenvalue weighted by atomic mass is 32.1. The Bertz CT molecular complexity index is 1970. The summed E-state index contributed by atoms with van der Waals surface area (Å²) in [7, 11) is 4.68. The fraction of sp³-hybridized carbons (Fsp3) is 0.0938. The number of thiazole rings is 2. The lowest BCUT2D eigenvalue weighted by molar-refractivity contribution is -0.111. The van der Waals surface area contributed by atoms with E-state index in [9.17, 15) is 4.79 Å². The van der Waals surface area contributed by atoms with Crippen LogP contribution < -0.4 is 30.6 Å². The molecule has 6 aromatic rings. The van der Waals surface area contributed by atoms with E-state index in [1.165, 1.54) is 28.7 Å². The van der Waals surface area contributed by atoms with Gasteiger partial charge < -0.3 is 35.6 Å². The van der Waals surface area contributed by atoms with Crippen LogP contribution in [-0.2, 0) is 4.79 Å². The summed E-state index contributed by atoms with van der Waals surface area (Å²) in [6.07, 6.45) is 5.21. The van der Waals surface area contributed by atoms with E-state index < -0.39 is 0 Å². The number of methoxy groups -OCH3 is 3. The molecule has 0 unspecified atom stereocenters. The molecule has 6 rings (SSSR count). The van der Waals surface area contributed by atoms with Crippen molar-refractivity contribution >= 4 is 67.9 Å².